The molecule has 266 valence electrons. The van der Waals surface area contributed by atoms with Gasteiger partial charge in [0.05, 0.1) is 49.2 Å². The number of aliphatic hydroxyl groups is 1. The Morgan fingerprint density at radius 2 is 1.84 bits per heavy atom. The van der Waals surface area contributed by atoms with Crippen LogP contribution in [0.5, 0.6) is 0 Å². The number of benzene rings is 2. The van der Waals surface area contributed by atoms with Crippen LogP contribution in [0.4, 0.5) is 4.79 Å². The summed E-state index contributed by atoms with van der Waals surface area (Å²) in [6.07, 6.45) is -1.60. The predicted octanol–water partition coefficient (Wildman–Crippen LogP) is 3.34. The van der Waals surface area contributed by atoms with Crippen molar-refractivity contribution in [2.24, 2.45) is 11.8 Å². The molecule has 3 aromatic rings. The van der Waals surface area contributed by atoms with Crippen molar-refractivity contribution in [2.75, 3.05) is 32.9 Å². The van der Waals surface area contributed by atoms with Crippen LogP contribution in [-0.2, 0) is 46.6 Å². The summed E-state index contributed by atoms with van der Waals surface area (Å²) in [5.74, 6) is 0.0151. The first-order valence-electron chi connectivity index (χ1n) is 16.5. The van der Waals surface area contributed by atoms with Gasteiger partial charge in [-0.2, -0.15) is 9.29 Å². The molecule has 49 heavy (non-hydrogen) atoms. The molecule has 0 radical (unpaired) electrons. The number of carbonyl (C=O) groups is 2. The number of carbonyl (C=O) groups excluding carboxylic acids is 2. The number of esters is 1. The van der Waals surface area contributed by atoms with Gasteiger partial charge in [-0.1, -0.05) is 49.3 Å². The lowest BCUT2D eigenvalue weighted by Crippen LogP contribution is -2.51. The van der Waals surface area contributed by atoms with Crippen molar-refractivity contribution in [1.82, 2.24) is 19.8 Å². The molecule has 0 saturated carbocycles. The second-order valence-corrected chi connectivity index (χ2v) is 14.5. The van der Waals surface area contributed by atoms with Gasteiger partial charge in [0.2, 0.25) is 21.7 Å². The Bertz CT molecular complexity index is 1630. The molecular formula is C34H44N4O10S. The molecule has 2 fully saturated rings. The first-order valence-corrected chi connectivity index (χ1v) is 18.0. The molecule has 2 aliphatic rings. The van der Waals surface area contributed by atoms with E-state index in [1.165, 1.54) is 16.4 Å². The topological polar surface area (TPSA) is 180 Å². The lowest BCUT2D eigenvalue weighted by atomic mass is 10.0. The smallest absolute Gasteiger partial charge is 0.407 e. The highest BCUT2D eigenvalue weighted by Gasteiger charge is 2.44. The lowest BCUT2D eigenvalue weighted by molar-refractivity contribution is -0.143. The van der Waals surface area contributed by atoms with Crippen molar-refractivity contribution in [3.63, 3.8) is 0 Å². The van der Waals surface area contributed by atoms with Crippen LogP contribution in [0.2, 0.25) is 0 Å². The molecule has 0 aliphatic carbocycles. The lowest BCUT2D eigenvalue weighted by Gasteiger charge is -2.31. The fourth-order valence-electron chi connectivity index (χ4n) is 5.88. The second-order valence-electron chi connectivity index (χ2n) is 12.5. The predicted molar refractivity (Wildman–Crippen MR) is 175 cm³/mol. The number of rotatable bonds is 16. The minimum absolute atomic E-state index is 0.0108. The van der Waals surface area contributed by atoms with Gasteiger partial charge in [0.1, 0.15) is 6.10 Å². The molecule has 0 bridgehead atoms. The maximum atomic E-state index is 14.0. The Morgan fingerprint density at radius 3 is 2.55 bits per heavy atom. The van der Waals surface area contributed by atoms with E-state index in [-0.39, 0.29) is 86.3 Å². The monoisotopic (exact) mass is 700 g/mol. The molecule has 3 heterocycles. The molecule has 1 aromatic heterocycles. The van der Waals surface area contributed by atoms with Crippen LogP contribution in [0.1, 0.15) is 45.1 Å². The molecule has 5 atom stereocenters. The van der Waals surface area contributed by atoms with Gasteiger partial charge in [-0.15, -0.1) is 0 Å². The summed E-state index contributed by atoms with van der Waals surface area (Å²) in [5, 5.41) is 18.3. The van der Waals surface area contributed by atoms with E-state index in [1.807, 2.05) is 44.2 Å². The Hall–Kier alpha value is -3.89. The van der Waals surface area contributed by atoms with E-state index in [4.69, 9.17) is 23.5 Å². The van der Waals surface area contributed by atoms with Crippen molar-refractivity contribution >= 4 is 22.1 Å². The third kappa shape index (κ3) is 9.63. The van der Waals surface area contributed by atoms with E-state index in [0.717, 1.165) is 12.0 Å². The molecule has 15 heteroatoms. The highest BCUT2D eigenvalue weighted by atomic mass is 32.2. The average molecular weight is 701 g/mol. The van der Waals surface area contributed by atoms with Crippen LogP contribution in [0, 0.1) is 11.8 Å². The number of ether oxygens (including phenoxy) is 4. The van der Waals surface area contributed by atoms with Crippen molar-refractivity contribution in [1.29, 1.82) is 0 Å². The standard InChI is InChI=1S/C34H44N4O10S/c1-4-44-31(40)15-14-30-36-32(37-48-30)24-10-12-25(13-11-24)49(42,43)38(19-22(2)3)20-28(39)27(18-23-8-6-5-7-9-23)35-34(41)47-29-21-46-33-26(29)16-17-45-33/h5-13,22,26-29,33,39H,4,14-21H2,1-3H3,(H,35,41)/t26-,27-,28+,29-,33+/m0/s1. The molecular weight excluding hydrogens is 656 g/mol. The highest BCUT2D eigenvalue weighted by Crippen LogP contribution is 2.33. The largest absolute Gasteiger partial charge is 0.466 e. The number of fused-ring (bicyclic) bond motifs is 1. The summed E-state index contributed by atoms with van der Waals surface area (Å²) in [6, 6.07) is 14.5. The zero-order valence-corrected chi connectivity index (χ0v) is 28.7. The van der Waals surface area contributed by atoms with Gasteiger partial charge < -0.3 is 33.9 Å². The fraction of sp³-hybridized carbons (Fsp3) is 0.529. The van der Waals surface area contributed by atoms with Gasteiger partial charge in [0, 0.05) is 25.1 Å². The average Bonchev–Trinajstić information content (AvgIpc) is 3.83. The number of nitrogens with one attached hydrogen (secondary N) is 1. The number of hydrogen-bond acceptors (Lipinski definition) is 12. The summed E-state index contributed by atoms with van der Waals surface area (Å²) < 4.78 is 56.2. The van der Waals surface area contributed by atoms with Crippen LogP contribution < -0.4 is 5.32 Å². The molecule has 0 spiro atoms. The molecule has 2 N–H and O–H groups in total. The molecule has 5 rings (SSSR count). The fourth-order valence-corrected chi connectivity index (χ4v) is 7.50. The van der Waals surface area contributed by atoms with E-state index in [1.54, 1.807) is 19.1 Å². The van der Waals surface area contributed by atoms with Gasteiger partial charge >= 0.3 is 12.1 Å². The molecule has 2 aromatic carbocycles. The van der Waals surface area contributed by atoms with Crippen molar-refractivity contribution in [3.05, 3.63) is 66.1 Å². The SMILES string of the molecule is CCOC(=O)CCc1nc(-c2ccc(S(=O)(=O)N(CC(C)C)C[C@@H](O)[C@H](Cc3ccccc3)NC(=O)O[C@H]3CO[C@H]4OCC[C@H]43)cc2)no1. The minimum atomic E-state index is -4.09. The number of alkyl carbamates (subject to hydrolysis) is 1. The van der Waals surface area contributed by atoms with E-state index in [0.29, 0.717) is 12.2 Å². The zero-order chi connectivity index (χ0) is 35.0. The summed E-state index contributed by atoms with van der Waals surface area (Å²) in [6.45, 7) is 6.38. The molecule has 2 aliphatic heterocycles. The van der Waals surface area contributed by atoms with Gasteiger partial charge in [-0.05, 0) is 55.5 Å². The summed E-state index contributed by atoms with van der Waals surface area (Å²) in [7, 11) is -4.09. The van der Waals surface area contributed by atoms with Crippen molar-refractivity contribution < 1.29 is 46.6 Å². The van der Waals surface area contributed by atoms with Gasteiger partial charge in [-0.3, -0.25) is 4.79 Å². The van der Waals surface area contributed by atoms with E-state index in [9.17, 15) is 23.1 Å². The quantitative estimate of drug-likeness (QED) is 0.209. The normalized spacial score (nSPS) is 20.2. The Morgan fingerprint density at radius 1 is 1.08 bits per heavy atom. The number of sulfonamides is 1. The number of aromatic nitrogens is 2. The Labute approximate surface area is 286 Å². The third-order valence-electron chi connectivity index (χ3n) is 8.34. The Kier molecular flexibility index (Phi) is 12.4. The molecule has 2 saturated heterocycles. The van der Waals surface area contributed by atoms with Crippen molar-refractivity contribution in [2.45, 2.75) is 75.9 Å². The van der Waals surface area contributed by atoms with E-state index >= 15 is 0 Å². The number of aliphatic hydroxyl groups excluding tert-OH is 1. The molecule has 14 nitrogen and oxygen atoms in total. The van der Waals surface area contributed by atoms with E-state index in [2.05, 4.69) is 15.5 Å². The van der Waals surface area contributed by atoms with Gasteiger partial charge in [0.25, 0.3) is 0 Å². The van der Waals surface area contributed by atoms with Gasteiger partial charge in [0.15, 0.2) is 6.29 Å². The first kappa shape index (κ1) is 36.4. The van der Waals surface area contributed by atoms with Crippen LogP contribution >= 0.6 is 0 Å². The van der Waals surface area contributed by atoms with Gasteiger partial charge in [-0.25, -0.2) is 13.2 Å². The van der Waals surface area contributed by atoms with Crippen molar-refractivity contribution in [3.8, 4) is 11.4 Å². The van der Waals surface area contributed by atoms with Crippen LogP contribution in [0.25, 0.3) is 11.4 Å². The number of aryl methyl sites for hydroxylation is 1. The highest BCUT2D eigenvalue weighted by molar-refractivity contribution is 7.89. The van der Waals surface area contributed by atoms with Crippen LogP contribution in [0.15, 0.2) is 64.0 Å². The maximum absolute atomic E-state index is 14.0. The summed E-state index contributed by atoms with van der Waals surface area (Å²) in [4.78, 5) is 29.1. The summed E-state index contributed by atoms with van der Waals surface area (Å²) in [5.41, 5.74) is 1.37. The van der Waals surface area contributed by atoms with E-state index < -0.39 is 34.4 Å². The van der Waals surface area contributed by atoms with Crippen LogP contribution in [0.3, 0.4) is 0 Å². The zero-order valence-electron chi connectivity index (χ0n) is 27.9. The minimum Gasteiger partial charge on any atom is -0.466 e. The van der Waals surface area contributed by atoms with Crippen LogP contribution in [-0.4, -0.2) is 97.5 Å². The second kappa shape index (κ2) is 16.7. The Balaban J connectivity index is 1.28. The molecule has 0 unspecified atom stereocenters. The summed E-state index contributed by atoms with van der Waals surface area (Å²) >= 11 is 0. The molecule has 1 amide bonds. The third-order valence-corrected chi connectivity index (χ3v) is 10.2. The maximum Gasteiger partial charge on any atom is 0.407 e. The number of amides is 1. The number of hydrogen-bond donors (Lipinski definition) is 2. The first-order chi connectivity index (χ1) is 23.5. The number of nitrogens with zero attached hydrogens (tertiary/aromatic N) is 3.